The molecule has 1 heterocycles. The van der Waals surface area contributed by atoms with Gasteiger partial charge in [-0.15, -0.1) is 0 Å². The normalized spacial score (nSPS) is 13.4. The van der Waals surface area contributed by atoms with Crippen LogP contribution in [0.2, 0.25) is 0 Å². The molecule has 0 aliphatic carbocycles. The molecule has 0 fully saturated rings. The Morgan fingerprint density at radius 2 is 2.21 bits per heavy atom. The van der Waals surface area contributed by atoms with Crippen molar-refractivity contribution in [1.82, 2.24) is 14.7 Å². The lowest BCUT2D eigenvalue weighted by Crippen LogP contribution is -2.28. The number of nitrogens with one attached hydrogen (secondary N) is 2. The summed E-state index contributed by atoms with van der Waals surface area (Å²) in [4.78, 5) is 6.91. The summed E-state index contributed by atoms with van der Waals surface area (Å²) in [6.45, 7) is 1.70. The molecule has 2 rings (SSSR count). The number of sulfonamides is 1. The lowest BCUT2D eigenvalue weighted by atomic mass is 10.3. The summed E-state index contributed by atoms with van der Waals surface area (Å²) in [5.74, 6) is 0.539. The van der Waals surface area contributed by atoms with E-state index in [0.29, 0.717) is 10.3 Å². The third-order valence-corrected chi connectivity index (χ3v) is 4.62. The summed E-state index contributed by atoms with van der Waals surface area (Å²) in [5.41, 5.74) is 5.90. The van der Waals surface area contributed by atoms with Crippen LogP contribution in [0.4, 0.5) is 5.69 Å². The van der Waals surface area contributed by atoms with Crippen LogP contribution in [0, 0.1) is 0 Å². The highest BCUT2D eigenvalue weighted by atomic mass is 79.9. The maximum absolute atomic E-state index is 12.3. The summed E-state index contributed by atoms with van der Waals surface area (Å²) in [5, 5.41) is 0. The van der Waals surface area contributed by atoms with Gasteiger partial charge in [0.15, 0.2) is 0 Å². The van der Waals surface area contributed by atoms with Crippen molar-refractivity contribution in [2.24, 2.45) is 0 Å². The fourth-order valence-corrected chi connectivity index (χ4v) is 3.48. The predicted molar refractivity (Wildman–Crippen MR) is 75.9 cm³/mol. The number of anilines is 1. The van der Waals surface area contributed by atoms with Gasteiger partial charge in [-0.1, -0.05) is 15.9 Å². The average molecular weight is 345 g/mol. The first kappa shape index (κ1) is 14.0. The number of hydrogen-bond donors (Lipinski definition) is 3. The maximum atomic E-state index is 12.3. The van der Waals surface area contributed by atoms with Crippen molar-refractivity contribution < 1.29 is 8.42 Å². The molecule has 0 spiro atoms. The molecule has 0 aliphatic rings. The zero-order chi connectivity index (χ0) is 14.0. The van der Waals surface area contributed by atoms with Crippen molar-refractivity contribution in [3.63, 3.8) is 0 Å². The van der Waals surface area contributed by atoms with E-state index in [1.807, 2.05) is 0 Å². The van der Waals surface area contributed by atoms with Gasteiger partial charge in [0, 0.05) is 16.9 Å². The largest absolute Gasteiger partial charge is 0.398 e. The molecule has 0 bridgehead atoms. The van der Waals surface area contributed by atoms with Crippen molar-refractivity contribution in [3.05, 3.63) is 40.9 Å². The lowest BCUT2D eigenvalue weighted by molar-refractivity contribution is 0.561. The Kier molecular flexibility index (Phi) is 3.93. The number of nitrogens with two attached hydrogens (primary N) is 1. The van der Waals surface area contributed by atoms with Crippen molar-refractivity contribution in [3.8, 4) is 0 Å². The quantitative estimate of drug-likeness (QED) is 0.736. The summed E-state index contributed by atoms with van der Waals surface area (Å²) in [7, 11) is -3.70. The molecule has 6 nitrogen and oxygen atoms in total. The Bertz CT molecular complexity index is 670. The number of nitrogens with zero attached hydrogens (tertiary/aromatic N) is 1. The SMILES string of the molecule is CC(NS(=O)(=O)c1cc(Br)ccc1N)c1ncc[nH]1. The first-order valence-corrected chi connectivity index (χ1v) is 7.74. The van der Waals surface area contributed by atoms with Crippen LogP contribution in [0.1, 0.15) is 18.8 Å². The van der Waals surface area contributed by atoms with E-state index >= 15 is 0 Å². The highest BCUT2D eigenvalue weighted by Crippen LogP contribution is 2.24. The van der Waals surface area contributed by atoms with Crippen LogP contribution in [0.15, 0.2) is 40.0 Å². The van der Waals surface area contributed by atoms with Gasteiger partial charge in [-0.2, -0.15) is 0 Å². The second kappa shape index (κ2) is 5.32. The van der Waals surface area contributed by atoms with Gasteiger partial charge in [0.2, 0.25) is 10.0 Å². The van der Waals surface area contributed by atoms with Crippen molar-refractivity contribution in [2.75, 3.05) is 5.73 Å². The fourth-order valence-electron chi connectivity index (χ4n) is 1.61. The van der Waals surface area contributed by atoms with Crippen LogP contribution < -0.4 is 10.5 Å². The Labute approximate surface area is 119 Å². The van der Waals surface area contributed by atoms with E-state index in [1.54, 1.807) is 25.4 Å². The molecule has 1 atom stereocenters. The molecule has 0 saturated heterocycles. The second-order valence-electron chi connectivity index (χ2n) is 4.00. The van der Waals surface area contributed by atoms with Crippen LogP contribution in [0.5, 0.6) is 0 Å². The summed E-state index contributed by atoms with van der Waals surface area (Å²) in [6, 6.07) is 4.21. The van der Waals surface area contributed by atoms with E-state index in [4.69, 9.17) is 5.73 Å². The minimum atomic E-state index is -3.70. The van der Waals surface area contributed by atoms with Crippen molar-refractivity contribution in [1.29, 1.82) is 0 Å². The standard InChI is InChI=1S/C11H13BrN4O2S/c1-7(11-14-4-5-15-11)16-19(17,18)10-6-8(12)2-3-9(10)13/h2-7,16H,13H2,1H3,(H,14,15). The van der Waals surface area contributed by atoms with E-state index in [9.17, 15) is 8.42 Å². The smallest absolute Gasteiger partial charge is 0.243 e. The van der Waals surface area contributed by atoms with E-state index in [0.717, 1.165) is 0 Å². The van der Waals surface area contributed by atoms with Gasteiger partial charge in [-0.05, 0) is 25.1 Å². The number of imidazole rings is 1. The Hall–Kier alpha value is -1.38. The van der Waals surface area contributed by atoms with Gasteiger partial charge in [-0.25, -0.2) is 18.1 Å². The van der Waals surface area contributed by atoms with Gasteiger partial charge >= 0.3 is 0 Å². The molecule has 0 radical (unpaired) electrons. The molecule has 2 aromatic rings. The number of hydrogen-bond acceptors (Lipinski definition) is 4. The van der Waals surface area contributed by atoms with Gasteiger partial charge < -0.3 is 10.7 Å². The summed E-state index contributed by atoms with van der Waals surface area (Å²) >= 11 is 3.23. The number of halogens is 1. The van der Waals surface area contributed by atoms with Crippen LogP contribution in [0.25, 0.3) is 0 Å². The van der Waals surface area contributed by atoms with Crippen LogP contribution in [-0.2, 0) is 10.0 Å². The number of aromatic nitrogens is 2. The highest BCUT2D eigenvalue weighted by Gasteiger charge is 2.22. The molecule has 102 valence electrons. The highest BCUT2D eigenvalue weighted by molar-refractivity contribution is 9.10. The molecule has 0 saturated carbocycles. The number of H-pyrrole nitrogens is 1. The first-order chi connectivity index (χ1) is 8.90. The lowest BCUT2D eigenvalue weighted by Gasteiger charge is -2.13. The Morgan fingerprint density at radius 3 is 2.84 bits per heavy atom. The molecule has 19 heavy (non-hydrogen) atoms. The zero-order valence-corrected chi connectivity index (χ0v) is 12.5. The predicted octanol–water partition coefficient (Wildman–Crippen LogP) is 1.79. The fraction of sp³-hybridized carbons (Fsp3) is 0.182. The Balaban J connectivity index is 2.30. The first-order valence-electron chi connectivity index (χ1n) is 5.47. The van der Waals surface area contributed by atoms with E-state index in [-0.39, 0.29) is 10.6 Å². The molecular formula is C11H13BrN4O2S. The molecule has 8 heteroatoms. The second-order valence-corrected chi connectivity index (χ2v) is 6.60. The third kappa shape index (κ3) is 3.14. The van der Waals surface area contributed by atoms with E-state index in [1.165, 1.54) is 12.1 Å². The molecule has 1 unspecified atom stereocenters. The molecule has 0 amide bonds. The van der Waals surface area contributed by atoms with Gasteiger partial charge in [0.1, 0.15) is 10.7 Å². The average Bonchev–Trinajstić information content (AvgIpc) is 2.85. The summed E-state index contributed by atoms with van der Waals surface area (Å²) in [6.07, 6.45) is 3.20. The third-order valence-electron chi connectivity index (χ3n) is 2.53. The van der Waals surface area contributed by atoms with Crippen LogP contribution in [0.3, 0.4) is 0 Å². The monoisotopic (exact) mass is 344 g/mol. The number of nitrogen functional groups attached to an aromatic ring is 1. The minimum Gasteiger partial charge on any atom is -0.398 e. The minimum absolute atomic E-state index is 0.0419. The molecule has 4 N–H and O–H groups in total. The molecular weight excluding hydrogens is 332 g/mol. The number of benzene rings is 1. The van der Waals surface area contributed by atoms with E-state index < -0.39 is 16.1 Å². The van der Waals surface area contributed by atoms with Crippen molar-refractivity contribution >= 4 is 31.6 Å². The van der Waals surface area contributed by atoms with Crippen LogP contribution in [-0.4, -0.2) is 18.4 Å². The van der Waals surface area contributed by atoms with Crippen LogP contribution >= 0.6 is 15.9 Å². The molecule has 1 aromatic carbocycles. The van der Waals surface area contributed by atoms with Gasteiger partial charge in [0.05, 0.1) is 11.7 Å². The molecule has 1 aromatic heterocycles. The zero-order valence-electron chi connectivity index (χ0n) is 10.1. The number of aromatic amines is 1. The summed E-state index contributed by atoms with van der Waals surface area (Å²) < 4.78 is 27.7. The maximum Gasteiger partial charge on any atom is 0.243 e. The molecule has 0 aliphatic heterocycles. The van der Waals surface area contributed by atoms with Gasteiger partial charge in [0.25, 0.3) is 0 Å². The van der Waals surface area contributed by atoms with E-state index in [2.05, 4.69) is 30.6 Å². The topological polar surface area (TPSA) is 101 Å². The van der Waals surface area contributed by atoms with Gasteiger partial charge in [-0.3, -0.25) is 0 Å². The number of rotatable bonds is 4. The van der Waals surface area contributed by atoms with Crippen molar-refractivity contribution in [2.45, 2.75) is 17.9 Å². The Morgan fingerprint density at radius 1 is 1.47 bits per heavy atom.